The highest BCUT2D eigenvalue weighted by molar-refractivity contribution is 8.00. The number of rotatable bonds is 24. The summed E-state index contributed by atoms with van der Waals surface area (Å²) in [6, 6.07) is 28.2. The van der Waals surface area contributed by atoms with Gasteiger partial charge in [0.1, 0.15) is 11.7 Å². The molecule has 6 N–H and O–H groups in total. The van der Waals surface area contributed by atoms with Gasteiger partial charge in [-0.3, -0.25) is 19.2 Å². The number of β-amino-alcohol motifs (C(OH)–C–C–N with tert-alkyl or cyclic N) is 1. The van der Waals surface area contributed by atoms with Crippen molar-refractivity contribution in [2.45, 2.75) is 134 Å². The van der Waals surface area contributed by atoms with E-state index in [-0.39, 0.29) is 82.9 Å². The summed E-state index contributed by atoms with van der Waals surface area (Å²) in [4.78, 5) is 66.4. The van der Waals surface area contributed by atoms with Gasteiger partial charge in [-0.05, 0) is 86.1 Å². The third-order valence-electron chi connectivity index (χ3n) is 15.7. The maximum absolute atomic E-state index is 14.6. The fraction of sp³-hybridized carbons (Fsp3) is 0.417. The van der Waals surface area contributed by atoms with E-state index in [1.54, 1.807) is 67.6 Å². The van der Waals surface area contributed by atoms with Crippen LogP contribution in [0.15, 0.2) is 130 Å². The highest BCUT2D eigenvalue weighted by Crippen LogP contribution is 2.39. The Kier molecular flexibility index (Phi) is 19.4. The maximum Gasteiger partial charge on any atom is 0.315 e. The smallest absolute Gasteiger partial charge is 0.315 e. The Labute approximate surface area is 488 Å². The number of carbonyl (C=O) groups is 5. The van der Waals surface area contributed by atoms with E-state index in [1.807, 2.05) is 55.9 Å². The summed E-state index contributed by atoms with van der Waals surface area (Å²) in [6.45, 7) is 3.43. The van der Waals surface area contributed by atoms with Crippen molar-refractivity contribution in [3.05, 3.63) is 143 Å². The number of hydrogen-bond donors (Lipinski definition) is 6. The number of sulfonamides is 1. The van der Waals surface area contributed by atoms with E-state index in [1.165, 1.54) is 39.4 Å². The largest absolute Gasteiger partial charge is 0.390 e. The molecule has 0 spiro atoms. The minimum atomic E-state index is -4.41. The van der Waals surface area contributed by atoms with Crippen molar-refractivity contribution in [3.63, 3.8) is 0 Å². The molecule has 4 heterocycles. The number of thioether (sulfide) groups is 1. The standard InChI is InChI=1S/C60H72N10O10S3/c1-38-34-69(83(79,80)46-18-13-17-45(32-46)82(77,78)54-21-14-19-47-48(54)30-43(38)31-51(47)68(3)4)36-52(71)39(2)70-35-44(66-67-70)33-62-59(75)49(29-40-24-26-42(27-25-40)58(74)41-15-7-5-8-16-41)63-56(73)23-9-6-12-28-61-55(72)22-11-10-20-53-57-50(37-81-53)64-60(76)65-57/h5,7-8,13-19,21,24-27,30-32,35,38-39,49-50,52-53,57,71H,6,9-12,20,22-23,28-29,33-34,36-37H2,1-4H3,(H,61,72)(H,62,75)(H,63,73)(H2,64,65,76)/t38?,39-,49-,50-,52?,53-,57-/m0/s1. The van der Waals surface area contributed by atoms with Gasteiger partial charge in [-0.15, -0.1) is 5.10 Å². The van der Waals surface area contributed by atoms with E-state index in [0.29, 0.717) is 70.8 Å². The maximum atomic E-state index is 14.6. The highest BCUT2D eigenvalue weighted by Gasteiger charge is 2.42. The number of aromatic nitrogens is 3. The van der Waals surface area contributed by atoms with Crippen molar-refractivity contribution in [2.75, 3.05) is 44.4 Å². The molecule has 0 saturated carbocycles. The summed E-state index contributed by atoms with van der Waals surface area (Å²) in [5, 5.41) is 36.6. The number of ketones is 1. The molecule has 6 aromatic rings. The molecule has 2 unspecified atom stereocenters. The van der Waals surface area contributed by atoms with Crippen LogP contribution in [-0.2, 0) is 47.2 Å². The number of nitrogens with one attached hydrogen (secondary N) is 5. The minimum absolute atomic E-state index is 0.0200. The molecule has 0 radical (unpaired) electrons. The van der Waals surface area contributed by atoms with Crippen LogP contribution in [-0.4, -0.2) is 140 Å². The number of aliphatic hydroxyl groups excluding tert-OH is 1. The average Bonchev–Trinajstić information content (AvgIpc) is 3.77. The first-order valence-corrected chi connectivity index (χ1v) is 32.1. The van der Waals surface area contributed by atoms with Crippen LogP contribution in [0.3, 0.4) is 0 Å². The van der Waals surface area contributed by atoms with Crippen LogP contribution in [0.1, 0.15) is 110 Å². The molecule has 2 fully saturated rings. The number of urea groups is 1. The minimum Gasteiger partial charge on any atom is -0.390 e. The number of fused-ring (bicyclic) bond motifs is 4. The van der Waals surface area contributed by atoms with Gasteiger partial charge in [0.15, 0.2) is 5.78 Å². The van der Waals surface area contributed by atoms with Crippen LogP contribution in [0, 0.1) is 0 Å². The number of anilines is 1. The second-order valence-electron chi connectivity index (χ2n) is 21.9. The molecule has 20 nitrogen and oxygen atoms in total. The van der Waals surface area contributed by atoms with E-state index in [4.69, 9.17) is 0 Å². The number of benzene rings is 5. The van der Waals surface area contributed by atoms with Gasteiger partial charge in [0.2, 0.25) is 37.6 Å². The van der Waals surface area contributed by atoms with Gasteiger partial charge < -0.3 is 36.6 Å². The fourth-order valence-electron chi connectivity index (χ4n) is 10.9. The number of unbranched alkanes of at least 4 members (excludes halogenated alkanes) is 3. The molecule has 3 aliphatic rings. The molecule has 5 amide bonds. The quantitative estimate of drug-likeness (QED) is 0.0229. The predicted octanol–water partition coefficient (Wildman–Crippen LogP) is 6.04. The third-order valence-corrected chi connectivity index (χ3v) is 20.9. The van der Waals surface area contributed by atoms with Gasteiger partial charge in [0, 0.05) is 91.6 Å². The third kappa shape index (κ3) is 14.4. The van der Waals surface area contributed by atoms with Gasteiger partial charge in [-0.2, -0.15) is 16.1 Å². The number of hydrogen-bond acceptors (Lipinski definition) is 14. The summed E-state index contributed by atoms with van der Waals surface area (Å²) in [5.41, 5.74) is 3.48. The van der Waals surface area contributed by atoms with Crippen LogP contribution < -0.4 is 31.5 Å². The Morgan fingerprint density at radius 2 is 1.53 bits per heavy atom. The fourth-order valence-corrected chi connectivity index (χ4v) is 15.6. The molecule has 23 heteroatoms. The first kappa shape index (κ1) is 60.4. The van der Waals surface area contributed by atoms with E-state index in [0.717, 1.165) is 42.2 Å². The molecule has 9 rings (SSSR count). The van der Waals surface area contributed by atoms with Crippen LogP contribution >= 0.6 is 11.8 Å². The molecular formula is C60H72N10O10S3. The van der Waals surface area contributed by atoms with Gasteiger partial charge >= 0.3 is 6.03 Å². The average molecular weight is 1190 g/mol. The summed E-state index contributed by atoms with van der Waals surface area (Å²) < 4.78 is 60.4. The van der Waals surface area contributed by atoms with Crippen molar-refractivity contribution in [1.29, 1.82) is 0 Å². The van der Waals surface area contributed by atoms with Crippen molar-refractivity contribution < 1.29 is 45.9 Å². The number of aliphatic hydroxyl groups is 1. The lowest BCUT2D eigenvalue weighted by atomic mass is 9.96. The molecule has 83 heavy (non-hydrogen) atoms. The molecule has 440 valence electrons. The van der Waals surface area contributed by atoms with Crippen molar-refractivity contribution >= 4 is 77.6 Å². The second kappa shape index (κ2) is 26.6. The summed E-state index contributed by atoms with van der Waals surface area (Å²) in [7, 11) is -4.89. The van der Waals surface area contributed by atoms with Crippen molar-refractivity contribution in [1.82, 2.24) is 45.9 Å². The molecule has 5 aromatic carbocycles. The van der Waals surface area contributed by atoms with Crippen LogP contribution in [0.2, 0.25) is 0 Å². The first-order valence-electron chi connectivity index (χ1n) is 28.2. The lowest BCUT2D eigenvalue weighted by Crippen LogP contribution is -2.47. The molecule has 1 aromatic heterocycles. The Morgan fingerprint density at radius 3 is 2.30 bits per heavy atom. The Morgan fingerprint density at radius 1 is 0.807 bits per heavy atom. The van der Waals surface area contributed by atoms with Gasteiger partial charge in [-0.1, -0.05) is 97.8 Å². The molecule has 2 saturated heterocycles. The normalized spacial score (nSPS) is 19.9. The number of nitrogens with zero attached hydrogens (tertiary/aromatic N) is 5. The number of carbonyl (C=O) groups excluding carboxylic acids is 5. The van der Waals surface area contributed by atoms with Crippen LogP contribution in [0.25, 0.3) is 10.8 Å². The summed E-state index contributed by atoms with van der Waals surface area (Å²) >= 11 is 1.86. The van der Waals surface area contributed by atoms with Gasteiger partial charge in [-0.25, -0.2) is 26.3 Å². The van der Waals surface area contributed by atoms with E-state index >= 15 is 0 Å². The number of sulfone groups is 1. The zero-order valence-corrected chi connectivity index (χ0v) is 49.4. The van der Waals surface area contributed by atoms with Crippen LogP contribution in [0.5, 0.6) is 0 Å². The first-order chi connectivity index (χ1) is 39.8. The Bertz CT molecular complexity index is 3570. The predicted molar refractivity (Wildman–Crippen MR) is 317 cm³/mol. The lowest BCUT2D eigenvalue weighted by molar-refractivity contribution is -0.129. The lowest BCUT2D eigenvalue weighted by Gasteiger charge is -2.30. The van der Waals surface area contributed by atoms with Crippen molar-refractivity contribution in [3.8, 4) is 0 Å². The Hall–Kier alpha value is -7.18. The Balaban J connectivity index is 0.811. The SMILES string of the molecule is CC1CN(CC(O)[C@H](C)n2cc(CNC(=O)[C@H](Cc3ccc(C(=O)c4ccccc4)cc3)NC(=O)CCCCCNC(=O)CCCC[C@@H]3SC[C@@H]4NC(=O)N[C@@H]43)nn2)S(=O)(=O)c2cccc(c2)S(=O)(=O)c2cccc3c(N(C)C)cc1cc23. The van der Waals surface area contributed by atoms with Gasteiger partial charge in [0.25, 0.3) is 0 Å². The van der Waals surface area contributed by atoms with Crippen molar-refractivity contribution in [2.24, 2.45) is 0 Å². The molecule has 7 atom stereocenters. The van der Waals surface area contributed by atoms with E-state index < -0.39 is 49.9 Å². The second-order valence-corrected chi connectivity index (χ2v) is 27.1. The molecular weight excluding hydrogens is 1120 g/mol. The highest BCUT2D eigenvalue weighted by atomic mass is 32.2. The molecule has 3 aliphatic heterocycles. The van der Waals surface area contributed by atoms with Gasteiger partial charge in [0.05, 0.1) is 51.7 Å². The van der Waals surface area contributed by atoms with E-state index in [9.17, 15) is 45.9 Å². The summed E-state index contributed by atoms with van der Waals surface area (Å²) in [5.74, 6) is -0.580. The molecule has 0 aliphatic carbocycles. The van der Waals surface area contributed by atoms with E-state index in [2.05, 4.69) is 36.9 Å². The molecule has 4 bridgehead atoms. The van der Waals surface area contributed by atoms with Crippen LogP contribution in [0.4, 0.5) is 10.5 Å². The monoisotopic (exact) mass is 1190 g/mol. The number of amides is 5. The summed E-state index contributed by atoms with van der Waals surface area (Å²) in [6.07, 6.45) is 5.31. The zero-order chi connectivity index (χ0) is 59.0. The zero-order valence-electron chi connectivity index (χ0n) is 47.0. The topological polar surface area (TPSA) is 271 Å².